The van der Waals surface area contributed by atoms with E-state index in [4.69, 9.17) is 5.73 Å². The number of nitrogens with two attached hydrogens (primary N) is 1. The molecule has 0 aliphatic carbocycles. The molecule has 84 valence electrons. The molecule has 0 aliphatic heterocycles. The highest BCUT2D eigenvalue weighted by Crippen LogP contribution is 2.15. The molecule has 5 heteroatoms. The van der Waals surface area contributed by atoms with Crippen LogP contribution in [0.25, 0.3) is 11.4 Å². The van der Waals surface area contributed by atoms with E-state index >= 15 is 0 Å². The van der Waals surface area contributed by atoms with E-state index in [2.05, 4.69) is 10.1 Å². The molecule has 2 aromatic rings. The largest absolute Gasteiger partial charge is 0.399 e. The lowest BCUT2D eigenvalue weighted by Crippen LogP contribution is -2.11. The van der Waals surface area contributed by atoms with Gasteiger partial charge in [0.1, 0.15) is 6.33 Å². The summed E-state index contributed by atoms with van der Waals surface area (Å²) < 4.78 is 1.62. The van der Waals surface area contributed by atoms with E-state index in [9.17, 15) is 5.11 Å². The summed E-state index contributed by atoms with van der Waals surface area (Å²) in [4.78, 5) is 4.17. The van der Waals surface area contributed by atoms with Crippen LogP contribution in [0.4, 0.5) is 5.69 Å². The maximum atomic E-state index is 9.22. The van der Waals surface area contributed by atoms with Gasteiger partial charge in [0.25, 0.3) is 0 Å². The standard InChI is InChI=1S/C11H14N4O/c1-8(16)6-15-7-13-11(14-15)9-2-4-10(12)5-3-9/h2-5,7-8,16H,6,12H2,1H3. The van der Waals surface area contributed by atoms with Crippen LogP contribution in [0.5, 0.6) is 0 Å². The first-order valence-corrected chi connectivity index (χ1v) is 5.08. The summed E-state index contributed by atoms with van der Waals surface area (Å²) in [6, 6.07) is 7.37. The van der Waals surface area contributed by atoms with Gasteiger partial charge < -0.3 is 10.8 Å². The minimum Gasteiger partial charge on any atom is -0.399 e. The molecule has 0 saturated heterocycles. The van der Waals surface area contributed by atoms with E-state index in [-0.39, 0.29) is 0 Å². The molecule has 1 heterocycles. The zero-order valence-electron chi connectivity index (χ0n) is 9.04. The maximum absolute atomic E-state index is 9.22. The summed E-state index contributed by atoms with van der Waals surface area (Å²) in [5.41, 5.74) is 7.23. The van der Waals surface area contributed by atoms with Crippen LogP contribution in [-0.2, 0) is 6.54 Å². The summed E-state index contributed by atoms with van der Waals surface area (Å²) in [7, 11) is 0. The number of hydrogen-bond acceptors (Lipinski definition) is 4. The fourth-order valence-corrected chi connectivity index (χ4v) is 1.42. The normalized spacial score (nSPS) is 12.6. The molecule has 2 rings (SSSR count). The Labute approximate surface area is 93.5 Å². The van der Waals surface area contributed by atoms with Crippen molar-refractivity contribution in [2.24, 2.45) is 0 Å². The van der Waals surface area contributed by atoms with Gasteiger partial charge in [-0.15, -0.1) is 0 Å². The van der Waals surface area contributed by atoms with Crippen LogP contribution in [0, 0.1) is 0 Å². The molecule has 5 nitrogen and oxygen atoms in total. The molecule has 16 heavy (non-hydrogen) atoms. The number of anilines is 1. The van der Waals surface area contributed by atoms with Gasteiger partial charge in [-0.1, -0.05) is 0 Å². The van der Waals surface area contributed by atoms with Gasteiger partial charge in [0, 0.05) is 11.3 Å². The molecule has 1 aromatic carbocycles. The first kappa shape index (κ1) is 10.6. The number of aromatic nitrogens is 3. The van der Waals surface area contributed by atoms with Crippen molar-refractivity contribution in [2.75, 3.05) is 5.73 Å². The number of aliphatic hydroxyl groups is 1. The third-order valence-corrected chi connectivity index (χ3v) is 2.16. The lowest BCUT2D eigenvalue weighted by molar-refractivity contribution is 0.168. The predicted octanol–water partition coefficient (Wildman–Crippen LogP) is 0.908. The van der Waals surface area contributed by atoms with Gasteiger partial charge in [-0.05, 0) is 31.2 Å². The summed E-state index contributed by atoms with van der Waals surface area (Å²) in [5, 5.41) is 13.5. The second-order valence-electron chi connectivity index (χ2n) is 3.76. The molecule has 0 spiro atoms. The molecular formula is C11H14N4O. The minimum absolute atomic E-state index is 0.430. The minimum atomic E-state index is -0.430. The van der Waals surface area contributed by atoms with Crippen molar-refractivity contribution in [1.29, 1.82) is 0 Å². The quantitative estimate of drug-likeness (QED) is 0.751. The third-order valence-electron chi connectivity index (χ3n) is 2.16. The van der Waals surface area contributed by atoms with E-state index < -0.39 is 6.10 Å². The topological polar surface area (TPSA) is 77.0 Å². The summed E-state index contributed by atoms with van der Waals surface area (Å²) in [6.07, 6.45) is 1.18. The molecule has 0 fully saturated rings. The van der Waals surface area contributed by atoms with E-state index in [0.29, 0.717) is 18.1 Å². The van der Waals surface area contributed by atoms with Crippen LogP contribution >= 0.6 is 0 Å². The number of benzene rings is 1. The number of nitrogens with zero attached hydrogens (tertiary/aromatic N) is 3. The Morgan fingerprint density at radius 2 is 2.06 bits per heavy atom. The number of rotatable bonds is 3. The van der Waals surface area contributed by atoms with Crippen LogP contribution < -0.4 is 5.73 Å². The zero-order valence-corrected chi connectivity index (χ0v) is 9.04. The van der Waals surface area contributed by atoms with Gasteiger partial charge in [0.2, 0.25) is 0 Å². The van der Waals surface area contributed by atoms with Gasteiger partial charge >= 0.3 is 0 Å². The Kier molecular flexibility index (Phi) is 2.87. The second-order valence-corrected chi connectivity index (χ2v) is 3.76. The van der Waals surface area contributed by atoms with Crippen LogP contribution in [-0.4, -0.2) is 26.0 Å². The molecule has 3 N–H and O–H groups in total. The van der Waals surface area contributed by atoms with E-state index in [0.717, 1.165) is 5.56 Å². The van der Waals surface area contributed by atoms with Crippen molar-refractivity contribution in [1.82, 2.24) is 14.8 Å². The maximum Gasteiger partial charge on any atom is 0.181 e. The van der Waals surface area contributed by atoms with Crippen molar-refractivity contribution in [3.63, 3.8) is 0 Å². The van der Waals surface area contributed by atoms with E-state index in [1.807, 2.05) is 24.3 Å². The summed E-state index contributed by atoms with van der Waals surface area (Å²) >= 11 is 0. The highest BCUT2D eigenvalue weighted by molar-refractivity contribution is 5.57. The molecule has 1 atom stereocenters. The molecular weight excluding hydrogens is 204 g/mol. The van der Waals surface area contributed by atoms with Gasteiger partial charge in [-0.3, -0.25) is 0 Å². The first-order valence-electron chi connectivity index (χ1n) is 5.08. The van der Waals surface area contributed by atoms with Crippen molar-refractivity contribution >= 4 is 5.69 Å². The molecule has 0 radical (unpaired) electrons. The molecule has 0 aliphatic rings. The molecule has 0 bridgehead atoms. The predicted molar refractivity (Wildman–Crippen MR) is 61.6 cm³/mol. The second kappa shape index (κ2) is 4.32. The van der Waals surface area contributed by atoms with E-state index in [1.165, 1.54) is 0 Å². The summed E-state index contributed by atoms with van der Waals surface area (Å²) in [6.45, 7) is 2.16. The van der Waals surface area contributed by atoms with Crippen molar-refractivity contribution in [3.05, 3.63) is 30.6 Å². The fourth-order valence-electron chi connectivity index (χ4n) is 1.42. The average Bonchev–Trinajstić information content (AvgIpc) is 2.66. The van der Waals surface area contributed by atoms with Crippen LogP contribution in [0.1, 0.15) is 6.92 Å². The number of aliphatic hydroxyl groups excluding tert-OH is 1. The number of nitrogen functional groups attached to an aromatic ring is 1. The highest BCUT2D eigenvalue weighted by Gasteiger charge is 2.05. The third kappa shape index (κ3) is 2.38. The van der Waals surface area contributed by atoms with Crippen molar-refractivity contribution in [2.45, 2.75) is 19.6 Å². The highest BCUT2D eigenvalue weighted by atomic mass is 16.3. The van der Waals surface area contributed by atoms with Crippen LogP contribution in [0.15, 0.2) is 30.6 Å². The van der Waals surface area contributed by atoms with Gasteiger partial charge in [0.05, 0.1) is 12.6 Å². The summed E-state index contributed by atoms with van der Waals surface area (Å²) in [5.74, 6) is 0.639. The van der Waals surface area contributed by atoms with Gasteiger partial charge in [0.15, 0.2) is 5.82 Å². The fraction of sp³-hybridized carbons (Fsp3) is 0.273. The Morgan fingerprint density at radius 3 is 2.69 bits per heavy atom. The Morgan fingerprint density at radius 1 is 1.38 bits per heavy atom. The monoisotopic (exact) mass is 218 g/mol. The Balaban J connectivity index is 2.21. The average molecular weight is 218 g/mol. The zero-order chi connectivity index (χ0) is 11.5. The molecule has 0 saturated carbocycles. The molecule has 0 amide bonds. The first-order chi connectivity index (χ1) is 7.65. The molecule has 1 aromatic heterocycles. The lowest BCUT2D eigenvalue weighted by Gasteiger charge is -2.02. The van der Waals surface area contributed by atoms with E-state index in [1.54, 1.807) is 17.9 Å². The van der Waals surface area contributed by atoms with Gasteiger partial charge in [-0.25, -0.2) is 9.67 Å². The molecule has 1 unspecified atom stereocenters. The Bertz CT molecular complexity index is 461. The van der Waals surface area contributed by atoms with Gasteiger partial charge in [-0.2, -0.15) is 5.10 Å². The Hall–Kier alpha value is -1.88. The van der Waals surface area contributed by atoms with Crippen LogP contribution in [0.2, 0.25) is 0 Å². The van der Waals surface area contributed by atoms with Crippen molar-refractivity contribution in [3.8, 4) is 11.4 Å². The smallest absolute Gasteiger partial charge is 0.181 e. The van der Waals surface area contributed by atoms with Crippen LogP contribution in [0.3, 0.4) is 0 Å². The SMILES string of the molecule is CC(O)Cn1cnc(-c2ccc(N)cc2)n1. The lowest BCUT2D eigenvalue weighted by atomic mass is 10.2. The number of hydrogen-bond donors (Lipinski definition) is 2. The van der Waals surface area contributed by atoms with Crippen molar-refractivity contribution < 1.29 is 5.11 Å².